The van der Waals surface area contributed by atoms with Crippen molar-refractivity contribution in [3.63, 3.8) is 0 Å². The van der Waals surface area contributed by atoms with Crippen LogP contribution in [0.5, 0.6) is 0 Å². The van der Waals surface area contributed by atoms with E-state index in [2.05, 4.69) is 25.8 Å². The number of urea groups is 1. The highest BCUT2D eigenvalue weighted by Crippen LogP contribution is 2.30. The van der Waals surface area contributed by atoms with Crippen LogP contribution in [0.15, 0.2) is 48.7 Å². The third-order valence-electron chi connectivity index (χ3n) is 5.78. The summed E-state index contributed by atoms with van der Waals surface area (Å²) in [4.78, 5) is 30.9. The van der Waals surface area contributed by atoms with Gasteiger partial charge in [-0.3, -0.25) is 4.79 Å². The summed E-state index contributed by atoms with van der Waals surface area (Å²) in [5.41, 5.74) is 1.80. The number of amides is 3. The van der Waals surface area contributed by atoms with E-state index in [1.54, 1.807) is 0 Å². The Labute approximate surface area is 177 Å². The molecular formula is C23H29N5O2. The van der Waals surface area contributed by atoms with E-state index < -0.39 is 0 Å². The molecular weight excluding hydrogens is 378 g/mol. The molecule has 4 rings (SSSR count). The van der Waals surface area contributed by atoms with Gasteiger partial charge in [0.05, 0.1) is 6.04 Å². The molecule has 3 amide bonds. The minimum atomic E-state index is -0.148. The van der Waals surface area contributed by atoms with E-state index >= 15 is 0 Å². The molecule has 0 bridgehead atoms. The number of hydrogen-bond donors (Lipinski definition) is 3. The van der Waals surface area contributed by atoms with Gasteiger partial charge in [0.25, 0.3) is 0 Å². The van der Waals surface area contributed by atoms with Gasteiger partial charge < -0.3 is 20.9 Å². The molecule has 3 N–H and O–H groups in total. The van der Waals surface area contributed by atoms with Gasteiger partial charge in [-0.15, -0.1) is 0 Å². The van der Waals surface area contributed by atoms with Crippen molar-refractivity contribution in [1.29, 1.82) is 0 Å². The lowest BCUT2D eigenvalue weighted by Gasteiger charge is -2.33. The van der Waals surface area contributed by atoms with Crippen LogP contribution in [-0.4, -0.2) is 36.1 Å². The largest absolute Gasteiger partial charge is 0.356 e. The van der Waals surface area contributed by atoms with Gasteiger partial charge in [-0.25, -0.2) is 9.78 Å². The first-order valence-corrected chi connectivity index (χ1v) is 10.7. The fraction of sp³-hybridized carbons (Fsp3) is 0.435. The maximum Gasteiger partial charge on any atom is 0.315 e. The van der Waals surface area contributed by atoms with Gasteiger partial charge in [-0.1, -0.05) is 18.2 Å². The number of piperidine rings is 1. The second kappa shape index (κ2) is 9.15. The molecule has 158 valence electrons. The van der Waals surface area contributed by atoms with Crippen molar-refractivity contribution in [2.75, 3.05) is 23.3 Å². The van der Waals surface area contributed by atoms with Gasteiger partial charge in [-0.2, -0.15) is 0 Å². The first-order chi connectivity index (χ1) is 14.6. The Morgan fingerprint density at radius 2 is 1.77 bits per heavy atom. The molecule has 2 fully saturated rings. The van der Waals surface area contributed by atoms with Gasteiger partial charge >= 0.3 is 6.03 Å². The molecule has 7 heteroatoms. The fourth-order valence-corrected chi connectivity index (χ4v) is 3.75. The van der Waals surface area contributed by atoms with E-state index in [4.69, 9.17) is 0 Å². The van der Waals surface area contributed by atoms with Gasteiger partial charge in [0.2, 0.25) is 5.91 Å². The second-order valence-electron chi connectivity index (χ2n) is 8.17. The average Bonchev–Trinajstić information content (AvgIpc) is 3.61. The first kappa shape index (κ1) is 20.2. The highest BCUT2D eigenvalue weighted by Gasteiger charge is 2.29. The van der Waals surface area contributed by atoms with Crippen molar-refractivity contribution in [3.05, 3.63) is 54.2 Å². The van der Waals surface area contributed by atoms with Crippen LogP contribution in [0.1, 0.15) is 44.2 Å². The average molecular weight is 408 g/mol. The van der Waals surface area contributed by atoms with E-state index in [-0.39, 0.29) is 29.9 Å². The zero-order valence-corrected chi connectivity index (χ0v) is 17.3. The van der Waals surface area contributed by atoms with Crippen LogP contribution >= 0.6 is 0 Å². The number of benzene rings is 1. The maximum atomic E-state index is 12.4. The molecule has 1 aliphatic carbocycles. The molecule has 1 saturated carbocycles. The maximum absolute atomic E-state index is 12.4. The van der Waals surface area contributed by atoms with Crippen molar-refractivity contribution in [2.24, 2.45) is 5.92 Å². The first-order valence-electron chi connectivity index (χ1n) is 10.7. The zero-order valence-electron chi connectivity index (χ0n) is 17.3. The molecule has 1 aliphatic heterocycles. The monoisotopic (exact) mass is 407 g/mol. The minimum absolute atomic E-state index is 0.0994. The van der Waals surface area contributed by atoms with Gasteiger partial charge in [-0.05, 0) is 62.4 Å². The second-order valence-corrected chi connectivity index (χ2v) is 8.17. The SMILES string of the molecule is CC(NC(=O)NC1CCN(c2ccccn2)CC1)c1ccc(NC(=O)C2CC2)cc1. The predicted molar refractivity (Wildman–Crippen MR) is 117 cm³/mol. The van der Waals surface area contributed by atoms with Gasteiger partial charge in [0, 0.05) is 36.9 Å². The summed E-state index contributed by atoms with van der Waals surface area (Å²) in [5.74, 6) is 1.28. The summed E-state index contributed by atoms with van der Waals surface area (Å²) in [7, 11) is 0. The number of anilines is 2. The summed E-state index contributed by atoms with van der Waals surface area (Å²) < 4.78 is 0. The highest BCUT2D eigenvalue weighted by atomic mass is 16.2. The number of aromatic nitrogens is 1. The lowest BCUT2D eigenvalue weighted by molar-refractivity contribution is -0.117. The van der Waals surface area contributed by atoms with E-state index in [0.717, 1.165) is 55.8 Å². The molecule has 2 aromatic rings. The molecule has 1 aromatic carbocycles. The Morgan fingerprint density at radius 1 is 1.03 bits per heavy atom. The van der Waals surface area contributed by atoms with Crippen LogP contribution in [0.3, 0.4) is 0 Å². The lowest BCUT2D eigenvalue weighted by atomic mass is 10.1. The van der Waals surface area contributed by atoms with Crippen LogP contribution < -0.4 is 20.9 Å². The Kier molecular flexibility index (Phi) is 6.16. The number of nitrogens with zero attached hydrogens (tertiary/aromatic N) is 2. The van der Waals surface area contributed by atoms with Crippen LogP contribution in [0.4, 0.5) is 16.3 Å². The third-order valence-corrected chi connectivity index (χ3v) is 5.78. The van der Waals surface area contributed by atoms with Crippen LogP contribution in [0, 0.1) is 5.92 Å². The number of pyridine rings is 1. The molecule has 0 spiro atoms. The van der Waals surface area contributed by atoms with Gasteiger partial charge in [0.15, 0.2) is 0 Å². The smallest absolute Gasteiger partial charge is 0.315 e. The molecule has 1 aromatic heterocycles. The van der Waals surface area contributed by atoms with E-state index in [0.29, 0.717) is 0 Å². The topological polar surface area (TPSA) is 86.4 Å². The predicted octanol–water partition coefficient (Wildman–Crippen LogP) is 3.46. The van der Waals surface area contributed by atoms with Crippen molar-refractivity contribution in [1.82, 2.24) is 15.6 Å². The standard InChI is InChI=1S/C23H29N5O2/c1-16(17-7-9-19(10-8-17)26-22(29)18-5-6-18)25-23(30)27-20-11-14-28(15-12-20)21-4-2-3-13-24-21/h2-4,7-10,13,16,18,20H,5-6,11-12,14-15H2,1H3,(H,26,29)(H2,25,27,30). The number of rotatable bonds is 6. The Morgan fingerprint density at radius 3 is 2.40 bits per heavy atom. The lowest BCUT2D eigenvalue weighted by Crippen LogP contribution is -2.48. The Balaban J connectivity index is 1.21. The van der Waals surface area contributed by atoms with Crippen LogP contribution in [0.25, 0.3) is 0 Å². The number of carbonyl (C=O) groups excluding carboxylic acids is 2. The molecule has 30 heavy (non-hydrogen) atoms. The van der Waals surface area contributed by atoms with Crippen molar-refractivity contribution >= 4 is 23.4 Å². The summed E-state index contributed by atoms with van der Waals surface area (Å²) in [6.07, 6.45) is 5.58. The van der Waals surface area contributed by atoms with Crippen molar-refractivity contribution < 1.29 is 9.59 Å². The molecule has 1 unspecified atom stereocenters. The highest BCUT2D eigenvalue weighted by molar-refractivity contribution is 5.94. The quantitative estimate of drug-likeness (QED) is 0.684. The van der Waals surface area contributed by atoms with Crippen molar-refractivity contribution in [3.8, 4) is 0 Å². The number of carbonyl (C=O) groups is 2. The molecule has 2 heterocycles. The molecule has 1 saturated heterocycles. The van der Waals surface area contributed by atoms with Crippen LogP contribution in [0.2, 0.25) is 0 Å². The molecule has 7 nitrogen and oxygen atoms in total. The Hall–Kier alpha value is -3.09. The summed E-state index contributed by atoms with van der Waals surface area (Å²) in [5, 5.41) is 9.04. The normalized spacial score (nSPS) is 17.8. The zero-order chi connectivity index (χ0) is 20.9. The molecule has 1 atom stereocenters. The van der Waals surface area contributed by atoms with E-state index in [1.165, 1.54) is 0 Å². The minimum Gasteiger partial charge on any atom is -0.356 e. The van der Waals surface area contributed by atoms with E-state index in [9.17, 15) is 9.59 Å². The summed E-state index contributed by atoms with van der Waals surface area (Å²) in [6.45, 7) is 3.72. The van der Waals surface area contributed by atoms with E-state index in [1.807, 2.05) is 55.6 Å². The van der Waals surface area contributed by atoms with Crippen LogP contribution in [-0.2, 0) is 4.79 Å². The third kappa shape index (κ3) is 5.28. The summed E-state index contributed by atoms with van der Waals surface area (Å²) >= 11 is 0. The van der Waals surface area contributed by atoms with Gasteiger partial charge in [0.1, 0.15) is 5.82 Å². The number of nitrogens with one attached hydrogen (secondary N) is 3. The molecule has 0 radical (unpaired) electrons. The van der Waals surface area contributed by atoms with Crippen molar-refractivity contribution in [2.45, 2.75) is 44.7 Å². The molecule has 2 aliphatic rings. The number of hydrogen-bond acceptors (Lipinski definition) is 4. The fourth-order valence-electron chi connectivity index (χ4n) is 3.75. The Bertz CT molecular complexity index is 859. The summed E-state index contributed by atoms with van der Waals surface area (Å²) in [6, 6.07) is 13.5.